The van der Waals surface area contributed by atoms with Crippen LogP contribution in [-0.2, 0) is 13.2 Å². The van der Waals surface area contributed by atoms with Crippen LogP contribution in [0.5, 0.6) is 5.75 Å². The molecule has 1 heterocycles. The van der Waals surface area contributed by atoms with Gasteiger partial charge in [-0.25, -0.2) is 0 Å². The fourth-order valence-corrected chi connectivity index (χ4v) is 2.19. The highest BCUT2D eigenvalue weighted by Gasteiger charge is 2.07. The van der Waals surface area contributed by atoms with Gasteiger partial charge in [0, 0.05) is 12.6 Å². The first kappa shape index (κ1) is 14.6. The van der Waals surface area contributed by atoms with Gasteiger partial charge in [0.05, 0.1) is 11.4 Å². The summed E-state index contributed by atoms with van der Waals surface area (Å²) in [6, 6.07) is 10.6. The van der Waals surface area contributed by atoms with Crippen molar-refractivity contribution in [2.24, 2.45) is 0 Å². The third-order valence-corrected chi connectivity index (χ3v) is 3.46. The van der Waals surface area contributed by atoms with Crippen LogP contribution in [0, 0.1) is 6.92 Å². The van der Waals surface area contributed by atoms with Crippen molar-refractivity contribution in [2.45, 2.75) is 40.0 Å². The third kappa shape index (κ3) is 3.39. The van der Waals surface area contributed by atoms with Gasteiger partial charge in [-0.3, -0.25) is 4.68 Å². The summed E-state index contributed by atoms with van der Waals surface area (Å²) in [6.45, 7) is 7.64. The Morgan fingerprint density at radius 1 is 1.35 bits per heavy atom. The van der Waals surface area contributed by atoms with Crippen molar-refractivity contribution in [3.05, 3.63) is 47.3 Å². The molecule has 108 valence electrons. The molecule has 4 heteroatoms. The predicted molar refractivity (Wildman–Crippen MR) is 80.9 cm³/mol. The Bertz CT molecular complexity index is 563. The van der Waals surface area contributed by atoms with Crippen molar-refractivity contribution in [2.75, 3.05) is 7.05 Å². The van der Waals surface area contributed by atoms with Crippen LogP contribution >= 0.6 is 0 Å². The number of benzene rings is 1. The molecule has 0 amide bonds. The van der Waals surface area contributed by atoms with E-state index in [9.17, 15) is 0 Å². The van der Waals surface area contributed by atoms with Crippen LogP contribution in [0.1, 0.15) is 36.8 Å². The van der Waals surface area contributed by atoms with Crippen molar-refractivity contribution in [1.82, 2.24) is 15.1 Å². The van der Waals surface area contributed by atoms with Crippen molar-refractivity contribution in [3.63, 3.8) is 0 Å². The average Bonchev–Trinajstić information content (AvgIpc) is 2.84. The Hall–Kier alpha value is -1.81. The number of nitrogens with zero attached hydrogens (tertiary/aromatic N) is 2. The average molecular weight is 273 g/mol. The van der Waals surface area contributed by atoms with Crippen LogP contribution in [0.2, 0.25) is 0 Å². The summed E-state index contributed by atoms with van der Waals surface area (Å²) in [6.07, 6.45) is 0. The molecule has 1 aromatic carbocycles. The Kier molecular flexibility index (Phi) is 4.79. The molecule has 2 aromatic rings. The van der Waals surface area contributed by atoms with Crippen LogP contribution in [0.4, 0.5) is 0 Å². The quantitative estimate of drug-likeness (QED) is 0.879. The lowest BCUT2D eigenvalue weighted by Crippen LogP contribution is -2.12. The van der Waals surface area contributed by atoms with Crippen molar-refractivity contribution < 1.29 is 4.74 Å². The fourth-order valence-electron chi connectivity index (χ4n) is 2.19. The number of rotatable bonds is 6. The molecule has 1 N–H and O–H groups in total. The molecule has 0 saturated carbocycles. The van der Waals surface area contributed by atoms with E-state index in [1.807, 2.05) is 30.8 Å². The summed E-state index contributed by atoms with van der Waals surface area (Å²) in [5, 5.41) is 7.66. The van der Waals surface area contributed by atoms with Crippen molar-refractivity contribution in [1.29, 1.82) is 0 Å². The number of hydrogen-bond acceptors (Lipinski definition) is 3. The minimum absolute atomic E-state index is 0.321. The Labute approximate surface area is 120 Å². The van der Waals surface area contributed by atoms with Gasteiger partial charge in [0.1, 0.15) is 12.4 Å². The molecule has 0 fully saturated rings. The van der Waals surface area contributed by atoms with E-state index in [2.05, 4.69) is 42.5 Å². The molecule has 0 bridgehead atoms. The summed E-state index contributed by atoms with van der Waals surface area (Å²) in [5.41, 5.74) is 3.37. The topological polar surface area (TPSA) is 39.1 Å². The maximum absolute atomic E-state index is 5.89. The SMILES string of the molecule is CCn1nc(C)cc1COc1cccc(C(C)NC)c1. The predicted octanol–water partition coefficient (Wildman–Crippen LogP) is 3.07. The lowest BCUT2D eigenvalue weighted by molar-refractivity contribution is 0.292. The smallest absolute Gasteiger partial charge is 0.130 e. The first-order valence-corrected chi connectivity index (χ1v) is 7.07. The molecule has 0 aliphatic heterocycles. The third-order valence-electron chi connectivity index (χ3n) is 3.46. The van der Waals surface area contributed by atoms with E-state index in [4.69, 9.17) is 4.74 Å². The van der Waals surface area contributed by atoms with Gasteiger partial charge in [0.2, 0.25) is 0 Å². The standard InChI is InChI=1S/C16H23N3O/c1-5-19-15(9-12(2)18-19)11-20-16-8-6-7-14(10-16)13(3)17-4/h6-10,13,17H,5,11H2,1-4H3. The summed E-state index contributed by atoms with van der Waals surface area (Å²) in [4.78, 5) is 0. The lowest BCUT2D eigenvalue weighted by atomic mass is 10.1. The molecular weight excluding hydrogens is 250 g/mol. The van der Waals surface area contributed by atoms with E-state index in [1.54, 1.807) is 0 Å². The Morgan fingerprint density at radius 3 is 2.85 bits per heavy atom. The highest BCUT2D eigenvalue weighted by molar-refractivity contribution is 5.30. The first-order chi connectivity index (χ1) is 9.63. The minimum atomic E-state index is 0.321. The van der Waals surface area contributed by atoms with Crippen molar-refractivity contribution >= 4 is 0 Å². The van der Waals surface area contributed by atoms with Crippen LogP contribution in [0.15, 0.2) is 30.3 Å². The van der Waals surface area contributed by atoms with E-state index < -0.39 is 0 Å². The monoisotopic (exact) mass is 273 g/mol. The number of aromatic nitrogens is 2. The maximum atomic E-state index is 5.89. The second-order valence-corrected chi connectivity index (χ2v) is 4.96. The Morgan fingerprint density at radius 2 is 2.15 bits per heavy atom. The van der Waals surface area contributed by atoms with Crippen LogP contribution < -0.4 is 10.1 Å². The number of hydrogen-bond donors (Lipinski definition) is 1. The molecule has 2 rings (SSSR count). The second kappa shape index (κ2) is 6.57. The first-order valence-electron chi connectivity index (χ1n) is 7.07. The Balaban J connectivity index is 2.07. The molecule has 0 spiro atoms. The zero-order valence-electron chi connectivity index (χ0n) is 12.7. The van der Waals surface area contributed by atoms with E-state index >= 15 is 0 Å². The van der Waals surface area contributed by atoms with Gasteiger partial charge in [-0.2, -0.15) is 5.10 Å². The summed E-state index contributed by atoms with van der Waals surface area (Å²) in [7, 11) is 1.96. The highest BCUT2D eigenvalue weighted by Crippen LogP contribution is 2.20. The largest absolute Gasteiger partial charge is 0.487 e. The van der Waals surface area contributed by atoms with Gasteiger partial charge >= 0.3 is 0 Å². The molecule has 4 nitrogen and oxygen atoms in total. The van der Waals surface area contributed by atoms with Crippen LogP contribution in [-0.4, -0.2) is 16.8 Å². The maximum Gasteiger partial charge on any atom is 0.130 e. The van der Waals surface area contributed by atoms with Gasteiger partial charge in [0.25, 0.3) is 0 Å². The molecule has 20 heavy (non-hydrogen) atoms. The number of nitrogens with one attached hydrogen (secondary N) is 1. The molecule has 0 aliphatic rings. The van der Waals surface area contributed by atoms with Gasteiger partial charge in [-0.15, -0.1) is 0 Å². The van der Waals surface area contributed by atoms with Crippen LogP contribution in [0.3, 0.4) is 0 Å². The van der Waals surface area contributed by atoms with Crippen molar-refractivity contribution in [3.8, 4) is 5.75 Å². The van der Waals surface area contributed by atoms with E-state index in [0.717, 1.165) is 23.7 Å². The van der Waals surface area contributed by atoms with E-state index in [0.29, 0.717) is 12.6 Å². The number of aryl methyl sites for hydroxylation is 2. The summed E-state index contributed by atoms with van der Waals surface area (Å²) in [5.74, 6) is 0.895. The fraction of sp³-hybridized carbons (Fsp3) is 0.438. The van der Waals surface area contributed by atoms with Gasteiger partial charge < -0.3 is 10.1 Å². The normalized spacial score (nSPS) is 12.4. The molecule has 0 saturated heterocycles. The number of ether oxygens (including phenoxy) is 1. The molecule has 0 radical (unpaired) electrons. The lowest BCUT2D eigenvalue weighted by Gasteiger charge is -2.13. The zero-order valence-corrected chi connectivity index (χ0v) is 12.7. The van der Waals surface area contributed by atoms with Gasteiger partial charge in [-0.1, -0.05) is 12.1 Å². The minimum Gasteiger partial charge on any atom is -0.487 e. The highest BCUT2D eigenvalue weighted by atomic mass is 16.5. The second-order valence-electron chi connectivity index (χ2n) is 4.96. The summed E-state index contributed by atoms with van der Waals surface area (Å²) >= 11 is 0. The zero-order chi connectivity index (χ0) is 14.5. The molecule has 0 aliphatic carbocycles. The molecular formula is C16H23N3O. The molecule has 1 atom stereocenters. The summed E-state index contributed by atoms with van der Waals surface area (Å²) < 4.78 is 7.88. The van der Waals surface area contributed by atoms with Crippen LogP contribution in [0.25, 0.3) is 0 Å². The molecule has 1 aromatic heterocycles. The van der Waals surface area contributed by atoms with Gasteiger partial charge in [-0.05, 0) is 51.6 Å². The van der Waals surface area contributed by atoms with E-state index in [1.165, 1.54) is 5.56 Å². The molecule has 1 unspecified atom stereocenters. The van der Waals surface area contributed by atoms with E-state index in [-0.39, 0.29) is 0 Å². The van der Waals surface area contributed by atoms with Gasteiger partial charge in [0.15, 0.2) is 0 Å².